The van der Waals surface area contributed by atoms with Crippen molar-refractivity contribution >= 4 is 7.85 Å². The SMILES string of the molecule is [B]CCc1ccc(OCOC)cc1. The Hall–Kier alpha value is -0.955. The molecule has 0 aliphatic heterocycles. The third-order valence-electron chi connectivity index (χ3n) is 1.70. The van der Waals surface area contributed by atoms with Crippen LogP contribution >= 0.6 is 0 Å². The van der Waals surface area contributed by atoms with E-state index in [1.807, 2.05) is 24.3 Å². The normalized spacial score (nSPS) is 9.92. The maximum absolute atomic E-state index is 5.43. The first-order valence-electron chi connectivity index (χ1n) is 4.27. The van der Waals surface area contributed by atoms with Crippen LogP contribution in [0.2, 0.25) is 6.32 Å². The molecule has 0 atom stereocenters. The molecular weight excluding hydrogens is 163 g/mol. The molecule has 13 heavy (non-hydrogen) atoms. The first-order valence-corrected chi connectivity index (χ1v) is 4.27. The van der Waals surface area contributed by atoms with Gasteiger partial charge in [-0.15, -0.1) is 0 Å². The van der Waals surface area contributed by atoms with Gasteiger partial charge in [0.1, 0.15) is 5.75 Å². The van der Waals surface area contributed by atoms with Gasteiger partial charge in [0.25, 0.3) is 0 Å². The van der Waals surface area contributed by atoms with E-state index in [9.17, 15) is 0 Å². The Morgan fingerprint density at radius 2 is 1.92 bits per heavy atom. The molecule has 2 radical (unpaired) electrons. The molecular formula is C10H13BO2. The van der Waals surface area contributed by atoms with Gasteiger partial charge in [0.05, 0.1) is 7.85 Å². The molecule has 0 aromatic heterocycles. The smallest absolute Gasteiger partial charge is 0.188 e. The number of hydrogen-bond acceptors (Lipinski definition) is 2. The molecule has 0 aliphatic rings. The van der Waals surface area contributed by atoms with Gasteiger partial charge in [-0.2, -0.15) is 0 Å². The van der Waals surface area contributed by atoms with Crippen LogP contribution in [0.3, 0.4) is 0 Å². The fourth-order valence-electron chi connectivity index (χ4n) is 1.05. The second-order valence-corrected chi connectivity index (χ2v) is 2.73. The number of aryl methyl sites for hydroxylation is 1. The van der Waals surface area contributed by atoms with Crippen molar-refractivity contribution in [3.8, 4) is 5.75 Å². The molecule has 0 saturated carbocycles. The van der Waals surface area contributed by atoms with Gasteiger partial charge in [-0.3, -0.25) is 0 Å². The topological polar surface area (TPSA) is 18.5 Å². The van der Waals surface area contributed by atoms with E-state index in [0.717, 1.165) is 12.2 Å². The Morgan fingerprint density at radius 3 is 2.46 bits per heavy atom. The Labute approximate surface area is 80.3 Å². The molecule has 0 fully saturated rings. The Bertz CT molecular complexity index is 233. The van der Waals surface area contributed by atoms with Crippen LogP contribution in [-0.4, -0.2) is 21.7 Å². The molecule has 1 rings (SSSR count). The summed E-state index contributed by atoms with van der Waals surface area (Å²) in [6, 6.07) is 7.86. The summed E-state index contributed by atoms with van der Waals surface area (Å²) in [7, 11) is 7.03. The summed E-state index contributed by atoms with van der Waals surface area (Å²) in [4.78, 5) is 0. The highest BCUT2D eigenvalue weighted by Gasteiger charge is 1.93. The van der Waals surface area contributed by atoms with Crippen molar-refractivity contribution in [2.24, 2.45) is 0 Å². The number of ether oxygens (including phenoxy) is 2. The Kier molecular flexibility index (Phi) is 4.40. The van der Waals surface area contributed by atoms with Crippen molar-refractivity contribution in [3.63, 3.8) is 0 Å². The summed E-state index contributed by atoms with van der Waals surface area (Å²) in [6.45, 7) is 0.288. The first-order chi connectivity index (χ1) is 6.36. The highest BCUT2D eigenvalue weighted by molar-refractivity contribution is 6.08. The minimum absolute atomic E-state index is 0.288. The van der Waals surface area contributed by atoms with Crippen molar-refractivity contribution in [3.05, 3.63) is 29.8 Å². The lowest BCUT2D eigenvalue weighted by atomic mass is 9.97. The van der Waals surface area contributed by atoms with Gasteiger partial charge in [0.2, 0.25) is 0 Å². The van der Waals surface area contributed by atoms with Crippen LogP contribution < -0.4 is 4.74 Å². The fourth-order valence-corrected chi connectivity index (χ4v) is 1.05. The first kappa shape index (κ1) is 10.1. The molecule has 1 aromatic rings. The molecule has 2 nitrogen and oxygen atoms in total. The summed E-state index contributed by atoms with van der Waals surface area (Å²) in [5.41, 5.74) is 1.23. The molecule has 0 spiro atoms. The molecule has 68 valence electrons. The highest BCUT2D eigenvalue weighted by Crippen LogP contribution is 2.12. The molecule has 3 heteroatoms. The van der Waals surface area contributed by atoms with E-state index >= 15 is 0 Å². The van der Waals surface area contributed by atoms with Crippen LogP contribution in [0.25, 0.3) is 0 Å². The van der Waals surface area contributed by atoms with E-state index < -0.39 is 0 Å². The predicted molar refractivity (Wildman–Crippen MR) is 53.2 cm³/mol. The summed E-state index contributed by atoms with van der Waals surface area (Å²) in [5, 5.41) is 0. The molecule has 0 bridgehead atoms. The maximum Gasteiger partial charge on any atom is 0.188 e. The van der Waals surface area contributed by atoms with Crippen LogP contribution in [0.4, 0.5) is 0 Å². The van der Waals surface area contributed by atoms with Crippen LogP contribution in [0.15, 0.2) is 24.3 Å². The van der Waals surface area contributed by atoms with Crippen molar-refractivity contribution in [2.75, 3.05) is 13.9 Å². The monoisotopic (exact) mass is 176 g/mol. The predicted octanol–water partition coefficient (Wildman–Crippen LogP) is 1.80. The molecule has 0 N–H and O–H groups in total. The van der Waals surface area contributed by atoms with E-state index in [0.29, 0.717) is 6.32 Å². The van der Waals surface area contributed by atoms with Gasteiger partial charge < -0.3 is 9.47 Å². The molecule has 0 aliphatic carbocycles. The van der Waals surface area contributed by atoms with Crippen LogP contribution in [0.1, 0.15) is 5.56 Å². The van der Waals surface area contributed by atoms with Crippen LogP contribution in [0, 0.1) is 0 Å². The van der Waals surface area contributed by atoms with Gasteiger partial charge in [-0.05, 0) is 24.1 Å². The van der Waals surface area contributed by atoms with Crippen LogP contribution in [0.5, 0.6) is 5.75 Å². The third-order valence-corrected chi connectivity index (χ3v) is 1.70. The van der Waals surface area contributed by atoms with E-state index in [-0.39, 0.29) is 6.79 Å². The van der Waals surface area contributed by atoms with Crippen molar-refractivity contribution in [2.45, 2.75) is 12.7 Å². The number of benzene rings is 1. The number of rotatable bonds is 5. The lowest BCUT2D eigenvalue weighted by Crippen LogP contribution is -1.98. The quantitative estimate of drug-likeness (QED) is 0.503. The minimum Gasteiger partial charge on any atom is -0.468 e. The maximum atomic E-state index is 5.43. The largest absolute Gasteiger partial charge is 0.468 e. The molecule has 0 amide bonds. The molecule has 0 saturated heterocycles. The lowest BCUT2D eigenvalue weighted by Gasteiger charge is -2.05. The Balaban J connectivity index is 2.48. The minimum atomic E-state index is 0.288. The number of methoxy groups -OCH3 is 1. The second kappa shape index (κ2) is 5.65. The summed E-state index contributed by atoms with van der Waals surface area (Å²) in [5.74, 6) is 0.822. The van der Waals surface area contributed by atoms with Crippen molar-refractivity contribution in [1.29, 1.82) is 0 Å². The van der Waals surface area contributed by atoms with E-state index in [4.69, 9.17) is 17.3 Å². The van der Waals surface area contributed by atoms with Gasteiger partial charge in [0.15, 0.2) is 6.79 Å². The van der Waals surface area contributed by atoms with Crippen LogP contribution in [-0.2, 0) is 11.2 Å². The zero-order chi connectivity index (χ0) is 9.52. The average molecular weight is 176 g/mol. The fraction of sp³-hybridized carbons (Fsp3) is 0.400. The van der Waals surface area contributed by atoms with Gasteiger partial charge >= 0.3 is 0 Å². The van der Waals surface area contributed by atoms with Crippen molar-refractivity contribution < 1.29 is 9.47 Å². The third kappa shape index (κ3) is 3.51. The summed E-state index contributed by atoms with van der Waals surface area (Å²) < 4.78 is 10.0. The summed E-state index contributed by atoms with van der Waals surface area (Å²) in [6.07, 6.45) is 1.59. The standard InChI is InChI=1S/C10H13BO2/c1-12-8-13-10-4-2-9(3-5-10)6-7-11/h2-5H,6-8H2,1H3. The second-order valence-electron chi connectivity index (χ2n) is 2.73. The summed E-state index contributed by atoms with van der Waals surface area (Å²) >= 11 is 0. The average Bonchev–Trinajstić information content (AvgIpc) is 2.17. The molecule has 1 aromatic carbocycles. The zero-order valence-electron chi connectivity index (χ0n) is 7.82. The highest BCUT2D eigenvalue weighted by atomic mass is 16.7. The van der Waals surface area contributed by atoms with Gasteiger partial charge in [0, 0.05) is 7.11 Å². The van der Waals surface area contributed by atoms with Gasteiger partial charge in [-0.25, -0.2) is 0 Å². The van der Waals surface area contributed by atoms with E-state index in [1.165, 1.54) is 5.56 Å². The zero-order valence-corrected chi connectivity index (χ0v) is 7.82. The van der Waals surface area contributed by atoms with E-state index in [2.05, 4.69) is 0 Å². The van der Waals surface area contributed by atoms with E-state index in [1.54, 1.807) is 7.11 Å². The lowest BCUT2D eigenvalue weighted by molar-refractivity contribution is 0.0511. The molecule has 0 heterocycles. The van der Waals surface area contributed by atoms with Crippen molar-refractivity contribution in [1.82, 2.24) is 0 Å². The van der Waals surface area contributed by atoms with Gasteiger partial charge in [-0.1, -0.05) is 18.5 Å². The molecule has 0 unspecified atom stereocenters. The Morgan fingerprint density at radius 1 is 1.23 bits per heavy atom. The number of hydrogen-bond donors (Lipinski definition) is 0.